The van der Waals surface area contributed by atoms with Crippen LogP contribution in [0.1, 0.15) is 86.8 Å². The Labute approximate surface area is 217 Å². The molecular weight excluding hydrogens is 448 g/mol. The van der Waals surface area contributed by atoms with Crippen LogP contribution in [0.3, 0.4) is 0 Å². The molecule has 36 heavy (non-hydrogen) atoms. The first-order valence-electron chi connectivity index (χ1n) is 14.2. The Morgan fingerprint density at radius 3 is 2.11 bits per heavy atom. The van der Waals surface area contributed by atoms with E-state index in [1.165, 1.54) is 55.2 Å². The van der Waals surface area contributed by atoms with E-state index in [2.05, 4.69) is 61.5 Å². The second-order valence-electron chi connectivity index (χ2n) is 10.6. The lowest BCUT2D eigenvalue weighted by Gasteiger charge is -2.26. The van der Waals surface area contributed by atoms with Gasteiger partial charge in [0.2, 0.25) is 0 Å². The highest BCUT2D eigenvalue weighted by Gasteiger charge is 2.27. The highest BCUT2D eigenvalue weighted by molar-refractivity contribution is 5.46. The Balaban J connectivity index is 1.21. The van der Waals surface area contributed by atoms with E-state index in [9.17, 15) is 0 Å². The average molecular weight is 491 g/mol. The molecule has 2 aliphatic heterocycles. The van der Waals surface area contributed by atoms with Crippen LogP contribution in [0, 0.1) is 0 Å². The van der Waals surface area contributed by atoms with E-state index in [-0.39, 0.29) is 12.2 Å². The summed E-state index contributed by atoms with van der Waals surface area (Å²) in [5.41, 5.74) is 4.07. The van der Waals surface area contributed by atoms with Crippen LogP contribution in [0.5, 0.6) is 11.5 Å². The fourth-order valence-corrected chi connectivity index (χ4v) is 5.23. The van der Waals surface area contributed by atoms with Gasteiger partial charge in [0.1, 0.15) is 36.9 Å². The van der Waals surface area contributed by atoms with Crippen LogP contribution >= 0.6 is 0 Å². The third-order valence-electron chi connectivity index (χ3n) is 7.65. The van der Waals surface area contributed by atoms with Crippen LogP contribution in [0.4, 0.5) is 0 Å². The van der Waals surface area contributed by atoms with Crippen molar-refractivity contribution in [3.05, 3.63) is 71.3 Å². The molecule has 2 fully saturated rings. The molecule has 2 heterocycles. The van der Waals surface area contributed by atoms with Crippen molar-refractivity contribution in [3.63, 3.8) is 0 Å². The van der Waals surface area contributed by atoms with Crippen molar-refractivity contribution in [2.75, 3.05) is 26.4 Å². The van der Waals surface area contributed by atoms with Crippen LogP contribution in [0.2, 0.25) is 0 Å². The molecule has 0 radical (unpaired) electrons. The molecule has 4 nitrogen and oxygen atoms in total. The first-order valence-corrected chi connectivity index (χ1v) is 14.2. The van der Waals surface area contributed by atoms with E-state index in [0.29, 0.717) is 25.0 Å². The minimum atomic E-state index is 0.273. The highest BCUT2D eigenvalue weighted by Crippen LogP contribution is 2.41. The average Bonchev–Trinajstić information content (AvgIpc) is 3.85. The minimum Gasteiger partial charge on any atom is -0.491 e. The number of aryl methyl sites for hydroxylation is 1. The van der Waals surface area contributed by atoms with E-state index in [1.54, 1.807) is 0 Å². The Bertz CT molecular complexity index is 974. The molecule has 4 unspecified atom stereocenters. The number of rotatable bonds is 15. The van der Waals surface area contributed by atoms with E-state index in [1.807, 2.05) is 0 Å². The van der Waals surface area contributed by atoms with Crippen molar-refractivity contribution < 1.29 is 18.9 Å². The monoisotopic (exact) mass is 490 g/mol. The van der Waals surface area contributed by atoms with Gasteiger partial charge < -0.3 is 18.9 Å². The summed E-state index contributed by atoms with van der Waals surface area (Å²) in [6, 6.07) is 15.4. The van der Waals surface area contributed by atoms with Crippen molar-refractivity contribution in [2.45, 2.75) is 88.8 Å². The third kappa shape index (κ3) is 7.36. The molecule has 0 spiro atoms. The predicted molar refractivity (Wildman–Crippen MR) is 144 cm³/mol. The number of allylic oxidation sites excluding steroid dienone is 2. The summed E-state index contributed by atoms with van der Waals surface area (Å²) in [4.78, 5) is 0. The zero-order valence-corrected chi connectivity index (χ0v) is 21.8. The smallest absolute Gasteiger partial charge is 0.126 e. The number of hydrogen-bond donors (Lipinski definition) is 0. The SMILES string of the molecule is CCCCCCCCc1cccc(C2C=CC(c3ccc(OCC4CO4)cc3)CC2)c1OCC1CO1. The molecule has 0 N–H and O–H groups in total. The van der Waals surface area contributed by atoms with Crippen molar-refractivity contribution in [1.29, 1.82) is 0 Å². The van der Waals surface area contributed by atoms with Crippen molar-refractivity contribution in [2.24, 2.45) is 0 Å². The maximum Gasteiger partial charge on any atom is 0.126 e. The molecule has 5 rings (SSSR count). The van der Waals surface area contributed by atoms with Gasteiger partial charge in [-0.3, -0.25) is 0 Å². The topological polar surface area (TPSA) is 43.5 Å². The molecular formula is C32H42O4. The second-order valence-corrected chi connectivity index (χ2v) is 10.6. The van der Waals surface area contributed by atoms with Crippen LogP contribution in [0.15, 0.2) is 54.6 Å². The highest BCUT2D eigenvalue weighted by atomic mass is 16.6. The maximum absolute atomic E-state index is 6.43. The zero-order chi connectivity index (χ0) is 24.6. The summed E-state index contributed by atoms with van der Waals surface area (Å²) in [6.45, 7) is 5.26. The quantitative estimate of drug-likeness (QED) is 0.149. The maximum atomic E-state index is 6.43. The molecule has 194 valence electrons. The van der Waals surface area contributed by atoms with Gasteiger partial charge in [-0.1, -0.05) is 81.5 Å². The standard InChI is InChI=1S/C32H42O4/c1-2-3-4-5-6-7-9-27-10-8-11-31(32(27)36-23-30-22-35-30)26-14-12-24(13-15-26)25-16-18-28(19-17-25)33-20-29-21-34-29/h8,10-12,14,16-19,24,26,29-30H,2-7,9,13,15,20-23H2,1H3. The Morgan fingerprint density at radius 2 is 1.42 bits per heavy atom. The van der Waals surface area contributed by atoms with Gasteiger partial charge in [0.05, 0.1) is 13.2 Å². The number of ether oxygens (including phenoxy) is 4. The number of benzene rings is 2. The van der Waals surface area contributed by atoms with E-state index >= 15 is 0 Å². The summed E-state index contributed by atoms with van der Waals surface area (Å²) in [6.07, 6.45) is 16.6. The van der Waals surface area contributed by atoms with Gasteiger partial charge in [-0.25, -0.2) is 0 Å². The fraction of sp³-hybridized carbons (Fsp3) is 0.562. The number of para-hydroxylation sites is 1. The van der Waals surface area contributed by atoms with Crippen LogP contribution in [0.25, 0.3) is 0 Å². The van der Waals surface area contributed by atoms with Gasteiger partial charge in [-0.05, 0) is 48.9 Å². The molecule has 0 bridgehead atoms. The Kier molecular flexibility index (Phi) is 9.00. The van der Waals surface area contributed by atoms with E-state index in [0.717, 1.165) is 44.0 Å². The first-order chi connectivity index (χ1) is 17.8. The van der Waals surface area contributed by atoms with Gasteiger partial charge in [-0.15, -0.1) is 0 Å². The van der Waals surface area contributed by atoms with Crippen LogP contribution < -0.4 is 9.47 Å². The fourth-order valence-electron chi connectivity index (χ4n) is 5.23. The Hall–Kier alpha value is -2.30. The summed E-state index contributed by atoms with van der Waals surface area (Å²) in [5, 5.41) is 0. The molecule has 0 amide bonds. The third-order valence-corrected chi connectivity index (χ3v) is 7.65. The Morgan fingerprint density at radius 1 is 0.750 bits per heavy atom. The molecule has 3 aliphatic rings. The van der Waals surface area contributed by atoms with Gasteiger partial charge in [0, 0.05) is 17.4 Å². The molecule has 2 saturated heterocycles. The molecule has 0 saturated carbocycles. The minimum absolute atomic E-state index is 0.273. The second kappa shape index (κ2) is 12.8. The summed E-state index contributed by atoms with van der Waals surface area (Å²) in [5.74, 6) is 2.91. The lowest BCUT2D eigenvalue weighted by atomic mass is 9.80. The normalized spacial score (nSPS) is 24.5. The molecule has 2 aromatic carbocycles. The summed E-state index contributed by atoms with van der Waals surface area (Å²) >= 11 is 0. The van der Waals surface area contributed by atoms with E-state index < -0.39 is 0 Å². The van der Waals surface area contributed by atoms with Gasteiger partial charge >= 0.3 is 0 Å². The van der Waals surface area contributed by atoms with Crippen molar-refractivity contribution in [3.8, 4) is 11.5 Å². The van der Waals surface area contributed by atoms with E-state index in [4.69, 9.17) is 18.9 Å². The summed E-state index contributed by atoms with van der Waals surface area (Å²) < 4.78 is 22.9. The largest absolute Gasteiger partial charge is 0.491 e. The number of epoxide rings is 2. The zero-order valence-electron chi connectivity index (χ0n) is 21.8. The van der Waals surface area contributed by atoms with Crippen LogP contribution in [-0.4, -0.2) is 38.6 Å². The lowest BCUT2D eigenvalue weighted by Crippen LogP contribution is -2.12. The lowest BCUT2D eigenvalue weighted by molar-refractivity contribution is 0.258. The molecule has 0 aromatic heterocycles. The van der Waals surface area contributed by atoms with Crippen molar-refractivity contribution in [1.82, 2.24) is 0 Å². The number of hydrogen-bond acceptors (Lipinski definition) is 4. The van der Waals surface area contributed by atoms with Crippen molar-refractivity contribution >= 4 is 0 Å². The van der Waals surface area contributed by atoms with Gasteiger partial charge in [0.25, 0.3) is 0 Å². The molecule has 1 aliphatic carbocycles. The van der Waals surface area contributed by atoms with Gasteiger partial charge in [-0.2, -0.15) is 0 Å². The number of unbranched alkanes of at least 4 members (excludes halogenated alkanes) is 5. The summed E-state index contributed by atoms with van der Waals surface area (Å²) in [7, 11) is 0. The molecule has 2 aromatic rings. The van der Waals surface area contributed by atoms with Gasteiger partial charge in [0.15, 0.2) is 0 Å². The molecule has 4 atom stereocenters. The van der Waals surface area contributed by atoms with Crippen LogP contribution in [-0.2, 0) is 15.9 Å². The molecule has 4 heteroatoms. The predicted octanol–water partition coefficient (Wildman–Crippen LogP) is 7.36. The first kappa shape index (κ1) is 25.4.